The first-order valence-electron chi connectivity index (χ1n) is 6.96. The van der Waals surface area contributed by atoms with Crippen LogP contribution in [0.25, 0.3) is 0 Å². The summed E-state index contributed by atoms with van der Waals surface area (Å²) >= 11 is 7.69. The van der Waals surface area contributed by atoms with Crippen LogP contribution in [0.4, 0.5) is 5.69 Å². The number of rotatable bonds is 3. The maximum atomic E-state index is 11.9. The van der Waals surface area contributed by atoms with Crippen molar-refractivity contribution in [3.63, 3.8) is 0 Å². The van der Waals surface area contributed by atoms with Crippen molar-refractivity contribution < 1.29 is 8.42 Å². The lowest BCUT2D eigenvalue weighted by molar-refractivity contribution is 0.601. The van der Waals surface area contributed by atoms with Crippen molar-refractivity contribution in [2.75, 3.05) is 22.2 Å². The Morgan fingerprint density at radius 3 is 2.95 bits per heavy atom. The Morgan fingerprint density at radius 2 is 2.27 bits per heavy atom. The van der Waals surface area contributed by atoms with Gasteiger partial charge in [0.05, 0.1) is 23.6 Å². The minimum absolute atomic E-state index is 0.129. The zero-order chi connectivity index (χ0) is 15.9. The third kappa shape index (κ3) is 3.19. The molecule has 4 nitrogen and oxygen atoms in total. The lowest BCUT2D eigenvalue weighted by Crippen LogP contribution is -2.39. The van der Waals surface area contributed by atoms with Gasteiger partial charge in [0.2, 0.25) is 0 Å². The monoisotopic (exact) mass is 356 g/mol. The summed E-state index contributed by atoms with van der Waals surface area (Å²) in [4.78, 5) is 6.67. The zero-order valence-electron chi connectivity index (χ0n) is 12.2. The summed E-state index contributed by atoms with van der Waals surface area (Å²) in [7, 11) is -3.02. The lowest BCUT2D eigenvalue weighted by atomic mass is 10.1. The van der Waals surface area contributed by atoms with Crippen molar-refractivity contribution >= 4 is 44.1 Å². The average Bonchev–Trinajstić information content (AvgIpc) is 2.87. The number of benzene rings is 1. The molecule has 1 aromatic carbocycles. The third-order valence-electron chi connectivity index (χ3n) is 3.64. The molecule has 1 aromatic rings. The molecule has 0 aromatic heterocycles. The van der Waals surface area contributed by atoms with E-state index in [1.807, 2.05) is 36.1 Å². The van der Waals surface area contributed by atoms with Gasteiger partial charge in [-0.25, -0.2) is 8.42 Å². The summed E-state index contributed by atoms with van der Waals surface area (Å²) in [5.74, 6) is 1.04. The minimum atomic E-state index is -3.02. The molecule has 1 saturated heterocycles. The summed E-state index contributed by atoms with van der Waals surface area (Å²) < 4.78 is 23.8. The maximum absolute atomic E-state index is 11.9. The van der Waals surface area contributed by atoms with E-state index in [-0.39, 0.29) is 23.6 Å². The Kier molecular flexibility index (Phi) is 4.27. The number of aliphatic imine (C=N–C) groups is 1. The molecule has 3 rings (SSSR count). The molecular formula is C15H17ClN2O2S2. The molecule has 7 heteroatoms. The van der Waals surface area contributed by atoms with Crippen LogP contribution in [0.15, 0.2) is 41.4 Å². The summed E-state index contributed by atoms with van der Waals surface area (Å²) in [5.41, 5.74) is 1.95. The van der Waals surface area contributed by atoms with Gasteiger partial charge < -0.3 is 4.90 Å². The van der Waals surface area contributed by atoms with E-state index in [0.717, 1.165) is 22.2 Å². The van der Waals surface area contributed by atoms with Gasteiger partial charge in [0.25, 0.3) is 0 Å². The van der Waals surface area contributed by atoms with Crippen LogP contribution < -0.4 is 4.90 Å². The molecule has 22 heavy (non-hydrogen) atoms. The van der Waals surface area contributed by atoms with Crippen molar-refractivity contribution in [2.45, 2.75) is 19.0 Å². The predicted octanol–water partition coefficient (Wildman–Crippen LogP) is 2.99. The van der Waals surface area contributed by atoms with E-state index in [0.29, 0.717) is 5.02 Å². The Hall–Kier alpha value is -0.980. The molecule has 2 atom stereocenters. The van der Waals surface area contributed by atoms with Crippen molar-refractivity contribution in [1.82, 2.24) is 0 Å². The highest BCUT2D eigenvalue weighted by atomic mass is 35.5. The second kappa shape index (κ2) is 5.91. The molecule has 2 aliphatic rings. The number of hydrogen-bond donors (Lipinski definition) is 0. The quantitative estimate of drug-likeness (QED) is 0.781. The van der Waals surface area contributed by atoms with Gasteiger partial charge in [-0.1, -0.05) is 41.6 Å². The largest absolute Gasteiger partial charge is 0.315 e. The van der Waals surface area contributed by atoms with Gasteiger partial charge in [-0.05, 0) is 25.1 Å². The van der Waals surface area contributed by atoms with Gasteiger partial charge in [-0.3, -0.25) is 4.99 Å². The van der Waals surface area contributed by atoms with Crippen LogP contribution in [0.3, 0.4) is 0 Å². The highest BCUT2D eigenvalue weighted by Crippen LogP contribution is 2.36. The van der Waals surface area contributed by atoms with E-state index in [4.69, 9.17) is 11.6 Å². The first-order chi connectivity index (χ1) is 10.4. The van der Waals surface area contributed by atoms with Gasteiger partial charge in [0.1, 0.15) is 0 Å². The number of thioether (sulfide) groups is 1. The molecule has 0 spiro atoms. The minimum Gasteiger partial charge on any atom is -0.315 e. The number of halogens is 1. The predicted molar refractivity (Wildman–Crippen MR) is 94.9 cm³/mol. The Bertz CT molecular complexity index is 746. The number of hydrogen-bond acceptors (Lipinski definition) is 5. The second-order valence-electron chi connectivity index (χ2n) is 5.72. The molecule has 1 fully saturated rings. The van der Waals surface area contributed by atoms with Crippen molar-refractivity contribution in [3.05, 3.63) is 41.4 Å². The van der Waals surface area contributed by atoms with E-state index in [9.17, 15) is 8.42 Å². The van der Waals surface area contributed by atoms with Gasteiger partial charge in [-0.15, -0.1) is 0 Å². The molecule has 2 heterocycles. The van der Waals surface area contributed by atoms with Crippen molar-refractivity contribution in [2.24, 2.45) is 4.99 Å². The molecule has 118 valence electrons. The summed E-state index contributed by atoms with van der Waals surface area (Å²) in [6.07, 6.45) is 0. The van der Waals surface area contributed by atoms with Crippen LogP contribution in [-0.2, 0) is 9.84 Å². The van der Waals surface area contributed by atoms with Crippen LogP contribution in [0.5, 0.6) is 0 Å². The SMILES string of the molecule is C=C(C)CSC1=NC2CS(=O)(=O)CC2N1c1cccc(Cl)c1. The highest BCUT2D eigenvalue weighted by molar-refractivity contribution is 8.14. The van der Waals surface area contributed by atoms with Gasteiger partial charge in [-0.2, -0.15) is 0 Å². The number of sulfone groups is 1. The standard InChI is InChI=1S/C15H17ClN2O2S2/c1-10(2)7-21-15-17-13-8-22(19,20)9-14(13)18(15)12-5-3-4-11(16)6-12/h3-6,13-14H,1,7-9H2,2H3. The van der Waals surface area contributed by atoms with Gasteiger partial charge >= 0.3 is 0 Å². The molecule has 0 saturated carbocycles. The summed E-state index contributed by atoms with van der Waals surface area (Å²) in [6.45, 7) is 5.88. The average molecular weight is 357 g/mol. The number of nitrogens with zero attached hydrogens (tertiary/aromatic N) is 2. The van der Waals surface area contributed by atoms with E-state index in [1.54, 1.807) is 11.8 Å². The summed E-state index contributed by atoms with van der Waals surface area (Å²) in [5, 5.41) is 1.49. The fraction of sp³-hybridized carbons (Fsp3) is 0.400. The first kappa shape index (κ1) is 15.9. The highest BCUT2D eigenvalue weighted by Gasteiger charge is 2.47. The molecule has 0 N–H and O–H groups in total. The lowest BCUT2D eigenvalue weighted by Gasteiger charge is -2.26. The maximum Gasteiger partial charge on any atom is 0.164 e. The first-order valence-corrected chi connectivity index (χ1v) is 10.1. The van der Waals surface area contributed by atoms with E-state index >= 15 is 0 Å². The molecule has 0 amide bonds. The van der Waals surface area contributed by atoms with Gasteiger partial charge in [0.15, 0.2) is 15.0 Å². The van der Waals surface area contributed by atoms with Crippen LogP contribution in [0.2, 0.25) is 5.02 Å². The molecule has 0 aliphatic carbocycles. The Labute approximate surface area is 140 Å². The molecule has 0 radical (unpaired) electrons. The zero-order valence-corrected chi connectivity index (χ0v) is 14.6. The van der Waals surface area contributed by atoms with Crippen LogP contribution in [-0.4, -0.2) is 42.9 Å². The van der Waals surface area contributed by atoms with E-state index in [1.165, 1.54) is 0 Å². The third-order valence-corrected chi connectivity index (χ3v) is 6.77. The van der Waals surface area contributed by atoms with Crippen LogP contribution in [0, 0.1) is 0 Å². The van der Waals surface area contributed by atoms with Crippen molar-refractivity contribution in [1.29, 1.82) is 0 Å². The normalized spacial score (nSPS) is 25.9. The number of amidine groups is 1. The van der Waals surface area contributed by atoms with Crippen molar-refractivity contribution in [3.8, 4) is 0 Å². The second-order valence-corrected chi connectivity index (χ2v) is 9.25. The molecular weight excluding hydrogens is 340 g/mol. The molecule has 2 unspecified atom stereocenters. The number of fused-ring (bicyclic) bond motifs is 1. The fourth-order valence-corrected chi connectivity index (χ4v) is 5.74. The van der Waals surface area contributed by atoms with Crippen LogP contribution >= 0.6 is 23.4 Å². The Morgan fingerprint density at radius 1 is 1.50 bits per heavy atom. The smallest absolute Gasteiger partial charge is 0.164 e. The van der Waals surface area contributed by atoms with E-state index in [2.05, 4.69) is 11.6 Å². The topological polar surface area (TPSA) is 49.7 Å². The Balaban J connectivity index is 1.95. The molecule has 2 aliphatic heterocycles. The van der Waals surface area contributed by atoms with E-state index < -0.39 is 9.84 Å². The van der Waals surface area contributed by atoms with Gasteiger partial charge in [0, 0.05) is 16.5 Å². The number of anilines is 1. The molecule has 0 bridgehead atoms. The fourth-order valence-electron chi connectivity index (χ4n) is 2.75. The van der Waals surface area contributed by atoms with Crippen LogP contribution in [0.1, 0.15) is 6.92 Å². The summed E-state index contributed by atoms with van der Waals surface area (Å²) in [6, 6.07) is 7.16.